The molecule has 0 N–H and O–H groups in total. The number of ether oxygens (including phenoxy) is 1. The molecule has 1 heterocycles. The highest BCUT2D eigenvalue weighted by Crippen LogP contribution is 2.33. The molecule has 3 rings (SSSR count). The molecule has 0 aliphatic heterocycles. The van der Waals surface area contributed by atoms with Crippen LogP contribution in [-0.2, 0) is 6.61 Å². The monoisotopic (exact) mass is 354 g/mol. The number of halogens is 2. The molecule has 1 aromatic heterocycles. The van der Waals surface area contributed by atoms with Crippen LogP contribution in [0.2, 0.25) is 4.34 Å². The summed E-state index contributed by atoms with van der Waals surface area (Å²) in [7, 11) is 0. The molecule has 0 saturated carbocycles. The van der Waals surface area contributed by atoms with Gasteiger partial charge in [0.2, 0.25) is 0 Å². The number of nitrogens with zero attached hydrogens (tertiary/aromatic N) is 2. The summed E-state index contributed by atoms with van der Waals surface area (Å²) in [5.74, 6) is 0.766. The highest BCUT2D eigenvalue weighted by molar-refractivity contribution is 9.10. The van der Waals surface area contributed by atoms with Gasteiger partial charge < -0.3 is 4.74 Å². The normalized spacial score (nSPS) is 10.8. The van der Waals surface area contributed by atoms with E-state index in [1.54, 1.807) is 0 Å². The molecule has 6 heteroatoms. The fraction of sp³-hybridized carbons (Fsp3) is 0.0769. The average Bonchev–Trinajstić information content (AvgIpc) is 2.84. The lowest BCUT2D eigenvalue weighted by molar-refractivity contribution is 0.300. The number of benzene rings is 2. The van der Waals surface area contributed by atoms with Crippen LogP contribution in [0.1, 0.15) is 5.69 Å². The first kappa shape index (κ1) is 12.8. The van der Waals surface area contributed by atoms with Gasteiger partial charge in [0.15, 0.2) is 0 Å². The molecule has 0 fully saturated rings. The summed E-state index contributed by atoms with van der Waals surface area (Å²) in [6, 6.07) is 12.1. The molecule has 96 valence electrons. The summed E-state index contributed by atoms with van der Waals surface area (Å²) in [4.78, 5) is 0. The first-order valence-electron chi connectivity index (χ1n) is 5.52. The van der Waals surface area contributed by atoms with Gasteiger partial charge in [0.25, 0.3) is 0 Å². The standard InChI is InChI=1S/C13H8BrClN2OS/c14-12-9-4-2-1-3-8(9)5-6-11(12)18-7-10-13(15)19-17-16-10/h1-6H,7H2. The van der Waals surface area contributed by atoms with Crippen molar-refractivity contribution in [2.75, 3.05) is 0 Å². The largest absolute Gasteiger partial charge is 0.486 e. The molecule has 0 amide bonds. The molecule has 3 aromatic rings. The van der Waals surface area contributed by atoms with Crippen molar-refractivity contribution < 1.29 is 4.74 Å². The highest BCUT2D eigenvalue weighted by Gasteiger charge is 2.09. The summed E-state index contributed by atoms with van der Waals surface area (Å²) in [5, 5.41) is 6.19. The van der Waals surface area contributed by atoms with Crippen molar-refractivity contribution in [2.24, 2.45) is 0 Å². The SMILES string of the molecule is Clc1snnc1COc1ccc2ccccc2c1Br. The van der Waals surface area contributed by atoms with E-state index < -0.39 is 0 Å². The van der Waals surface area contributed by atoms with Gasteiger partial charge in [-0.25, -0.2) is 0 Å². The van der Waals surface area contributed by atoms with Gasteiger partial charge in [0.05, 0.1) is 4.47 Å². The van der Waals surface area contributed by atoms with Gasteiger partial charge in [-0.05, 0) is 32.8 Å². The molecule has 19 heavy (non-hydrogen) atoms. The Bertz CT molecular complexity index is 731. The molecule has 3 nitrogen and oxygen atoms in total. The Morgan fingerprint density at radius 1 is 1.21 bits per heavy atom. The van der Waals surface area contributed by atoms with E-state index in [0.29, 0.717) is 16.6 Å². The summed E-state index contributed by atoms with van der Waals surface area (Å²) >= 11 is 10.7. The third-order valence-corrected chi connectivity index (χ3v) is 4.50. The molecular formula is C13H8BrClN2OS. The molecule has 0 unspecified atom stereocenters. The second kappa shape index (κ2) is 5.45. The van der Waals surface area contributed by atoms with Crippen LogP contribution in [0.15, 0.2) is 40.9 Å². The van der Waals surface area contributed by atoms with Crippen molar-refractivity contribution >= 4 is 49.8 Å². The molecule has 0 bridgehead atoms. The van der Waals surface area contributed by atoms with Crippen LogP contribution >= 0.6 is 39.1 Å². The molecule has 2 aromatic carbocycles. The summed E-state index contributed by atoms with van der Waals surface area (Å²) < 4.78 is 11.0. The van der Waals surface area contributed by atoms with Crippen molar-refractivity contribution in [3.05, 3.63) is 50.9 Å². The topological polar surface area (TPSA) is 35.0 Å². The van der Waals surface area contributed by atoms with Gasteiger partial charge in [-0.3, -0.25) is 0 Å². The van der Waals surface area contributed by atoms with E-state index in [9.17, 15) is 0 Å². The third-order valence-electron chi connectivity index (χ3n) is 2.70. The van der Waals surface area contributed by atoms with Crippen LogP contribution in [-0.4, -0.2) is 9.59 Å². The van der Waals surface area contributed by atoms with Gasteiger partial charge in [0, 0.05) is 11.5 Å². The van der Waals surface area contributed by atoms with Crippen LogP contribution in [0, 0.1) is 0 Å². The summed E-state index contributed by atoms with van der Waals surface area (Å²) in [6.45, 7) is 0.312. The molecule has 0 saturated heterocycles. The van der Waals surface area contributed by atoms with E-state index in [1.165, 1.54) is 0 Å². The maximum atomic E-state index is 5.94. The van der Waals surface area contributed by atoms with Crippen molar-refractivity contribution in [2.45, 2.75) is 6.61 Å². The minimum Gasteiger partial charge on any atom is -0.486 e. The lowest BCUT2D eigenvalue weighted by Gasteiger charge is -2.09. The van der Waals surface area contributed by atoms with Crippen molar-refractivity contribution in [1.29, 1.82) is 0 Å². The van der Waals surface area contributed by atoms with Crippen LogP contribution in [0.25, 0.3) is 10.8 Å². The van der Waals surface area contributed by atoms with Gasteiger partial charge >= 0.3 is 0 Å². The Hall–Kier alpha value is -1.17. The number of rotatable bonds is 3. The second-order valence-corrected chi connectivity index (χ2v) is 6.03. The van der Waals surface area contributed by atoms with E-state index in [0.717, 1.165) is 32.5 Å². The molecule has 0 aliphatic rings. The smallest absolute Gasteiger partial charge is 0.141 e. The van der Waals surface area contributed by atoms with E-state index >= 15 is 0 Å². The van der Waals surface area contributed by atoms with E-state index in [2.05, 4.69) is 31.6 Å². The quantitative estimate of drug-likeness (QED) is 0.684. The molecule has 0 atom stereocenters. The van der Waals surface area contributed by atoms with Gasteiger partial charge in [-0.1, -0.05) is 46.4 Å². The number of hydrogen-bond donors (Lipinski definition) is 0. The van der Waals surface area contributed by atoms with Gasteiger partial charge in [-0.15, -0.1) is 5.10 Å². The van der Waals surface area contributed by atoms with Crippen LogP contribution in [0.5, 0.6) is 5.75 Å². The Morgan fingerprint density at radius 3 is 2.84 bits per heavy atom. The first-order chi connectivity index (χ1) is 9.25. The fourth-order valence-electron chi connectivity index (χ4n) is 1.75. The van der Waals surface area contributed by atoms with E-state index in [1.807, 2.05) is 30.3 Å². The zero-order valence-corrected chi connectivity index (χ0v) is 12.8. The Balaban J connectivity index is 1.89. The van der Waals surface area contributed by atoms with Crippen molar-refractivity contribution in [3.63, 3.8) is 0 Å². The van der Waals surface area contributed by atoms with Crippen LogP contribution < -0.4 is 4.74 Å². The zero-order valence-electron chi connectivity index (χ0n) is 9.64. The predicted molar refractivity (Wildman–Crippen MR) is 80.9 cm³/mol. The van der Waals surface area contributed by atoms with Gasteiger partial charge in [0.1, 0.15) is 22.4 Å². The maximum Gasteiger partial charge on any atom is 0.141 e. The molecule has 0 spiro atoms. The van der Waals surface area contributed by atoms with Crippen molar-refractivity contribution in [3.8, 4) is 5.75 Å². The second-order valence-electron chi connectivity index (χ2n) is 3.88. The number of fused-ring (bicyclic) bond motifs is 1. The number of hydrogen-bond acceptors (Lipinski definition) is 4. The Labute approximate surface area is 127 Å². The van der Waals surface area contributed by atoms with E-state index in [-0.39, 0.29) is 0 Å². The lowest BCUT2D eigenvalue weighted by atomic mass is 10.1. The first-order valence-corrected chi connectivity index (χ1v) is 7.47. The van der Waals surface area contributed by atoms with Gasteiger partial charge in [-0.2, -0.15) is 0 Å². The molecule has 0 radical (unpaired) electrons. The third kappa shape index (κ3) is 2.59. The Morgan fingerprint density at radius 2 is 2.05 bits per heavy atom. The molecule has 0 aliphatic carbocycles. The summed E-state index contributed by atoms with van der Waals surface area (Å²) in [5.41, 5.74) is 0.659. The van der Waals surface area contributed by atoms with Crippen molar-refractivity contribution in [1.82, 2.24) is 9.59 Å². The van der Waals surface area contributed by atoms with E-state index in [4.69, 9.17) is 16.3 Å². The number of aromatic nitrogens is 2. The maximum absolute atomic E-state index is 5.94. The predicted octanol–water partition coefficient (Wildman–Crippen LogP) is 4.69. The average molecular weight is 356 g/mol. The Kier molecular flexibility index (Phi) is 3.68. The molecular weight excluding hydrogens is 348 g/mol. The zero-order chi connectivity index (χ0) is 13.2. The van der Waals surface area contributed by atoms with Crippen LogP contribution in [0.4, 0.5) is 0 Å². The fourth-order valence-corrected chi connectivity index (χ4v) is 2.96. The minimum atomic E-state index is 0.312. The minimum absolute atomic E-state index is 0.312. The lowest BCUT2D eigenvalue weighted by Crippen LogP contribution is -1.97. The highest BCUT2D eigenvalue weighted by atomic mass is 79.9. The summed E-state index contributed by atoms with van der Waals surface area (Å²) in [6.07, 6.45) is 0. The van der Waals surface area contributed by atoms with Crippen LogP contribution in [0.3, 0.4) is 0 Å².